The minimum Gasteiger partial charge on any atom is -0.462 e. The summed E-state index contributed by atoms with van der Waals surface area (Å²) in [6.07, 6.45) is 0. The van der Waals surface area contributed by atoms with Gasteiger partial charge in [-0.15, -0.1) is 0 Å². The number of nitrogens with zero attached hydrogens (tertiary/aromatic N) is 2. The summed E-state index contributed by atoms with van der Waals surface area (Å²) in [6, 6.07) is 18.9. The van der Waals surface area contributed by atoms with Crippen molar-refractivity contribution < 1.29 is 23.8 Å². The highest BCUT2D eigenvalue weighted by Gasteiger charge is 2.42. The first kappa shape index (κ1) is 21.4. The van der Waals surface area contributed by atoms with Gasteiger partial charge >= 0.3 is 11.9 Å². The maximum atomic E-state index is 13.1. The zero-order valence-corrected chi connectivity index (χ0v) is 18.2. The van der Waals surface area contributed by atoms with Gasteiger partial charge in [0.15, 0.2) is 0 Å². The average Bonchev–Trinajstić information content (AvgIpc) is 3.15. The van der Waals surface area contributed by atoms with Gasteiger partial charge in [0.2, 0.25) is 11.6 Å². The zero-order valence-electron chi connectivity index (χ0n) is 18.2. The first-order valence-corrected chi connectivity index (χ1v) is 10.5. The van der Waals surface area contributed by atoms with Crippen LogP contribution in [0, 0.1) is 6.92 Å². The summed E-state index contributed by atoms with van der Waals surface area (Å²) in [5, 5.41) is 4.68. The summed E-state index contributed by atoms with van der Waals surface area (Å²) in [4.78, 5) is 26.0. The number of aromatic nitrogens is 2. The maximum Gasteiger partial charge on any atom is 0.374 e. The van der Waals surface area contributed by atoms with E-state index in [4.69, 9.17) is 14.2 Å². The number of benzene rings is 2. The monoisotopic (exact) mass is 432 g/mol. The summed E-state index contributed by atoms with van der Waals surface area (Å²) in [7, 11) is 0. The minimum absolute atomic E-state index is 0.111. The molecule has 0 radical (unpaired) electrons. The molecule has 1 aliphatic heterocycles. The second kappa shape index (κ2) is 9.09. The third kappa shape index (κ3) is 3.77. The van der Waals surface area contributed by atoms with Gasteiger partial charge in [-0.2, -0.15) is 5.10 Å². The van der Waals surface area contributed by atoms with Crippen molar-refractivity contribution in [2.45, 2.75) is 26.7 Å². The molecule has 0 bridgehead atoms. The second-order valence-corrected chi connectivity index (χ2v) is 7.18. The zero-order chi connectivity index (χ0) is 22.7. The lowest BCUT2D eigenvalue weighted by molar-refractivity contribution is -0.144. The van der Waals surface area contributed by atoms with E-state index in [-0.39, 0.29) is 24.5 Å². The van der Waals surface area contributed by atoms with Crippen molar-refractivity contribution in [3.05, 3.63) is 88.8 Å². The molecule has 2 aromatic carbocycles. The Morgan fingerprint density at radius 2 is 1.53 bits per heavy atom. The lowest BCUT2D eigenvalue weighted by atomic mass is 9.82. The van der Waals surface area contributed by atoms with E-state index in [1.165, 1.54) is 0 Å². The van der Waals surface area contributed by atoms with E-state index in [9.17, 15) is 9.59 Å². The lowest BCUT2D eigenvalue weighted by Crippen LogP contribution is -2.29. The van der Waals surface area contributed by atoms with Crippen molar-refractivity contribution in [1.29, 1.82) is 0 Å². The lowest BCUT2D eigenvalue weighted by Gasteiger charge is -2.28. The van der Waals surface area contributed by atoms with Crippen LogP contribution in [-0.4, -0.2) is 34.9 Å². The first-order chi connectivity index (χ1) is 15.6. The normalized spacial score (nSPS) is 15.0. The molecule has 1 unspecified atom stereocenters. The topological polar surface area (TPSA) is 79.7 Å². The molecule has 0 amide bonds. The van der Waals surface area contributed by atoms with Crippen molar-refractivity contribution in [2.24, 2.45) is 0 Å². The molecule has 0 saturated carbocycles. The first-order valence-electron chi connectivity index (χ1n) is 10.5. The smallest absolute Gasteiger partial charge is 0.374 e. The van der Waals surface area contributed by atoms with E-state index < -0.39 is 17.9 Å². The summed E-state index contributed by atoms with van der Waals surface area (Å²) in [5.74, 6) is -1.75. The van der Waals surface area contributed by atoms with Crippen LogP contribution in [0.3, 0.4) is 0 Å². The molecule has 2 heterocycles. The molecule has 1 aliphatic rings. The van der Waals surface area contributed by atoms with Crippen LogP contribution in [0.2, 0.25) is 0 Å². The Kier molecular flexibility index (Phi) is 6.07. The van der Waals surface area contributed by atoms with E-state index in [0.717, 1.165) is 11.3 Å². The molecular weight excluding hydrogens is 408 g/mol. The number of carbonyl (C=O) groups is 2. The van der Waals surface area contributed by atoms with Gasteiger partial charge in [-0.3, -0.25) is 0 Å². The molecule has 0 fully saturated rings. The van der Waals surface area contributed by atoms with Gasteiger partial charge in [0, 0.05) is 0 Å². The highest BCUT2D eigenvalue weighted by atomic mass is 16.6. The van der Waals surface area contributed by atoms with Gasteiger partial charge in [-0.05, 0) is 38.5 Å². The van der Waals surface area contributed by atoms with E-state index in [0.29, 0.717) is 17.1 Å². The van der Waals surface area contributed by atoms with Gasteiger partial charge in [-0.1, -0.05) is 48.5 Å². The number of aryl methyl sites for hydroxylation is 1. The van der Waals surface area contributed by atoms with Crippen molar-refractivity contribution >= 4 is 11.9 Å². The Labute approximate surface area is 186 Å². The van der Waals surface area contributed by atoms with Gasteiger partial charge in [0.1, 0.15) is 0 Å². The van der Waals surface area contributed by atoms with E-state index in [1.807, 2.05) is 67.6 Å². The predicted molar refractivity (Wildman–Crippen MR) is 118 cm³/mol. The number of rotatable bonds is 6. The summed E-state index contributed by atoms with van der Waals surface area (Å²) >= 11 is 0. The Balaban J connectivity index is 2.00. The van der Waals surface area contributed by atoms with Crippen LogP contribution in [0.4, 0.5) is 0 Å². The molecule has 0 N–H and O–H groups in total. The van der Waals surface area contributed by atoms with Gasteiger partial charge in [0.25, 0.3) is 0 Å². The largest absolute Gasteiger partial charge is 0.462 e. The van der Waals surface area contributed by atoms with E-state index in [2.05, 4.69) is 5.10 Å². The molecule has 7 heteroatoms. The summed E-state index contributed by atoms with van der Waals surface area (Å²) in [6.45, 7) is 5.57. The quantitative estimate of drug-likeness (QED) is 0.546. The predicted octanol–water partition coefficient (Wildman–Crippen LogP) is 4.09. The number of hydrogen-bond acceptors (Lipinski definition) is 6. The number of ether oxygens (including phenoxy) is 3. The molecule has 3 aromatic rings. The Morgan fingerprint density at radius 3 is 2.16 bits per heavy atom. The molecule has 1 aromatic heterocycles. The summed E-state index contributed by atoms with van der Waals surface area (Å²) < 4.78 is 18.3. The fourth-order valence-corrected chi connectivity index (χ4v) is 3.87. The van der Waals surface area contributed by atoms with E-state index in [1.54, 1.807) is 18.5 Å². The van der Waals surface area contributed by atoms with Crippen molar-refractivity contribution in [3.8, 4) is 11.6 Å². The van der Waals surface area contributed by atoms with Crippen LogP contribution in [0.15, 0.2) is 72.0 Å². The number of para-hydroxylation sites is 1. The molecule has 4 rings (SSSR count). The average molecular weight is 432 g/mol. The molecule has 164 valence electrons. The molecule has 0 saturated heterocycles. The number of fused-ring (bicyclic) bond motifs is 1. The van der Waals surface area contributed by atoms with Crippen LogP contribution in [0.25, 0.3) is 5.69 Å². The maximum absolute atomic E-state index is 13.1. The number of hydrogen-bond donors (Lipinski definition) is 0. The molecule has 1 atom stereocenters. The van der Waals surface area contributed by atoms with Crippen LogP contribution in [0.5, 0.6) is 5.88 Å². The third-order valence-corrected chi connectivity index (χ3v) is 5.17. The van der Waals surface area contributed by atoms with Crippen LogP contribution >= 0.6 is 0 Å². The molecular formula is C25H24N2O5. The summed E-state index contributed by atoms with van der Waals surface area (Å²) in [5.41, 5.74) is 3.09. The fourth-order valence-electron chi connectivity index (χ4n) is 3.87. The van der Waals surface area contributed by atoms with Crippen LogP contribution < -0.4 is 4.74 Å². The van der Waals surface area contributed by atoms with Gasteiger partial charge < -0.3 is 14.2 Å². The number of carbonyl (C=O) groups excluding carboxylic acids is 2. The Hall–Kier alpha value is -3.87. The van der Waals surface area contributed by atoms with Crippen molar-refractivity contribution in [3.63, 3.8) is 0 Å². The molecule has 0 spiro atoms. The van der Waals surface area contributed by atoms with Crippen molar-refractivity contribution in [2.75, 3.05) is 13.2 Å². The highest BCUT2D eigenvalue weighted by molar-refractivity contribution is 6.02. The van der Waals surface area contributed by atoms with Gasteiger partial charge in [0.05, 0.1) is 41.6 Å². The molecule has 7 nitrogen and oxygen atoms in total. The standard InChI is InChI=1S/C25H24N2O5/c1-4-30-24(28)21-20(17-12-8-6-9-13-17)19-16(3)26-27(18-14-10-7-11-15-18)23(19)32-22(21)25(29)31-5-2/h6-15,20H,4-5H2,1-3H3. The van der Waals surface area contributed by atoms with E-state index >= 15 is 0 Å². The highest BCUT2D eigenvalue weighted by Crippen LogP contribution is 2.46. The SMILES string of the molecule is CCOC(=O)C1=C(C(=O)OCC)C(c2ccccc2)c2c(C)nn(-c3ccccc3)c2O1. The molecule has 32 heavy (non-hydrogen) atoms. The second-order valence-electron chi connectivity index (χ2n) is 7.18. The Morgan fingerprint density at radius 1 is 0.938 bits per heavy atom. The van der Waals surface area contributed by atoms with Gasteiger partial charge in [-0.25, -0.2) is 14.3 Å². The van der Waals surface area contributed by atoms with Crippen LogP contribution in [-0.2, 0) is 19.1 Å². The van der Waals surface area contributed by atoms with Crippen molar-refractivity contribution in [1.82, 2.24) is 9.78 Å². The molecule has 0 aliphatic carbocycles. The minimum atomic E-state index is -0.722. The van der Waals surface area contributed by atoms with Crippen LogP contribution in [0.1, 0.15) is 36.6 Å². The fraction of sp³-hybridized carbons (Fsp3) is 0.240. The number of esters is 2. The third-order valence-electron chi connectivity index (χ3n) is 5.17. The Bertz CT molecular complexity index is 1170.